The van der Waals surface area contributed by atoms with Crippen LogP contribution >= 0.6 is 34.2 Å². The average molecular weight is 376 g/mol. The smallest absolute Gasteiger partial charge is 0.311 e. The van der Waals surface area contributed by atoms with Gasteiger partial charge in [-0.05, 0) is 35.6 Å². The number of pyridine rings is 1. The van der Waals surface area contributed by atoms with Crippen molar-refractivity contribution in [1.29, 1.82) is 0 Å². The number of ether oxygens (including phenoxy) is 1. The molecule has 0 aromatic carbocycles. The molecule has 1 heterocycles. The Bertz CT molecular complexity index is 429. The highest BCUT2D eigenvalue weighted by atomic mass is 127. The highest BCUT2D eigenvalue weighted by molar-refractivity contribution is 14.1. The predicted octanol–water partition coefficient (Wildman–Crippen LogP) is 3.38. The number of esters is 1. The maximum Gasteiger partial charge on any atom is 0.311 e. The van der Waals surface area contributed by atoms with Gasteiger partial charge in [-0.25, -0.2) is 13.8 Å². The number of rotatable bonds is 4. The Labute approximate surface area is 116 Å². The zero-order valence-corrected chi connectivity index (χ0v) is 11.8. The lowest BCUT2D eigenvalue weighted by Crippen LogP contribution is -2.10. The van der Waals surface area contributed by atoms with E-state index < -0.39 is 18.1 Å². The molecule has 0 spiro atoms. The van der Waals surface area contributed by atoms with Gasteiger partial charge in [-0.3, -0.25) is 4.79 Å². The second kappa shape index (κ2) is 6.44. The lowest BCUT2D eigenvalue weighted by atomic mass is 10.2. The van der Waals surface area contributed by atoms with Crippen LogP contribution in [0, 0.1) is 3.57 Å². The van der Waals surface area contributed by atoms with Crippen LogP contribution in [-0.4, -0.2) is 17.6 Å². The zero-order chi connectivity index (χ0) is 13.0. The molecule has 7 heteroatoms. The van der Waals surface area contributed by atoms with Crippen molar-refractivity contribution in [3.8, 4) is 0 Å². The van der Waals surface area contributed by atoms with E-state index in [0.29, 0.717) is 3.57 Å². The van der Waals surface area contributed by atoms with E-state index in [2.05, 4.69) is 4.98 Å². The van der Waals surface area contributed by atoms with Crippen LogP contribution in [0.3, 0.4) is 0 Å². The molecule has 0 N–H and O–H groups in total. The third-order valence-electron chi connectivity index (χ3n) is 1.83. The number of nitrogens with zero attached hydrogens (tertiary/aromatic N) is 1. The average Bonchev–Trinajstić information content (AvgIpc) is 2.23. The number of carbonyl (C=O) groups is 1. The summed E-state index contributed by atoms with van der Waals surface area (Å²) in [7, 11) is 0. The van der Waals surface area contributed by atoms with Crippen molar-refractivity contribution >= 4 is 40.2 Å². The van der Waals surface area contributed by atoms with Gasteiger partial charge in [0, 0.05) is 3.57 Å². The van der Waals surface area contributed by atoms with Gasteiger partial charge in [0.15, 0.2) is 0 Å². The minimum atomic E-state index is -2.77. The summed E-state index contributed by atoms with van der Waals surface area (Å²) < 4.78 is 30.4. The third-order valence-corrected chi connectivity index (χ3v) is 3.40. The van der Waals surface area contributed by atoms with E-state index in [1.54, 1.807) is 6.92 Å². The molecule has 0 fully saturated rings. The SMILES string of the molecule is CCOC(=O)Cc1cc(I)c(Cl)c(C(F)F)n1. The fourth-order valence-electron chi connectivity index (χ4n) is 1.16. The molecular weight excluding hydrogens is 366 g/mol. The maximum absolute atomic E-state index is 12.6. The van der Waals surface area contributed by atoms with Crippen LogP contribution in [0.15, 0.2) is 6.07 Å². The van der Waals surface area contributed by atoms with Gasteiger partial charge >= 0.3 is 5.97 Å². The molecule has 0 aliphatic rings. The first-order valence-electron chi connectivity index (χ1n) is 4.74. The first-order valence-corrected chi connectivity index (χ1v) is 6.20. The third kappa shape index (κ3) is 4.02. The van der Waals surface area contributed by atoms with Crippen LogP contribution in [0.4, 0.5) is 8.78 Å². The van der Waals surface area contributed by atoms with Crippen LogP contribution in [0.5, 0.6) is 0 Å². The summed E-state index contributed by atoms with van der Waals surface area (Å²) in [6.07, 6.45) is -2.90. The normalized spacial score (nSPS) is 10.7. The summed E-state index contributed by atoms with van der Waals surface area (Å²) in [5.74, 6) is -0.502. The Morgan fingerprint density at radius 3 is 2.82 bits per heavy atom. The highest BCUT2D eigenvalue weighted by Gasteiger charge is 2.18. The molecule has 0 amide bonds. The van der Waals surface area contributed by atoms with Gasteiger partial charge in [0.1, 0.15) is 5.69 Å². The van der Waals surface area contributed by atoms with Gasteiger partial charge in [0.05, 0.1) is 23.7 Å². The van der Waals surface area contributed by atoms with Gasteiger partial charge in [0.25, 0.3) is 6.43 Å². The lowest BCUT2D eigenvalue weighted by molar-refractivity contribution is -0.142. The first kappa shape index (κ1) is 14.6. The Morgan fingerprint density at radius 2 is 2.29 bits per heavy atom. The van der Waals surface area contributed by atoms with Crippen LogP contribution < -0.4 is 0 Å². The quantitative estimate of drug-likeness (QED) is 0.598. The van der Waals surface area contributed by atoms with Crippen molar-refractivity contribution in [2.75, 3.05) is 6.61 Å². The molecule has 94 valence electrons. The number of carbonyl (C=O) groups excluding carboxylic acids is 1. The largest absolute Gasteiger partial charge is 0.466 e. The van der Waals surface area contributed by atoms with E-state index in [0.717, 1.165) is 0 Å². The lowest BCUT2D eigenvalue weighted by Gasteiger charge is -2.08. The standard InChI is InChI=1S/C10H9ClF2INO2/c1-2-17-7(16)4-5-3-6(14)8(11)9(15-5)10(12)13/h3,10H,2,4H2,1H3. The molecule has 0 radical (unpaired) electrons. The number of halogens is 4. The molecule has 0 aliphatic heterocycles. The highest BCUT2D eigenvalue weighted by Crippen LogP contribution is 2.29. The van der Waals surface area contributed by atoms with Gasteiger partial charge in [0.2, 0.25) is 0 Å². The van der Waals surface area contributed by atoms with E-state index in [4.69, 9.17) is 16.3 Å². The minimum absolute atomic E-state index is 0.0757. The molecule has 0 saturated heterocycles. The monoisotopic (exact) mass is 375 g/mol. The summed E-state index contributed by atoms with van der Waals surface area (Å²) in [5.41, 5.74) is -0.273. The summed E-state index contributed by atoms with van der Waals surface area (Å²) >= 11 is 7.51. The molecule has 1 rings (SSSR count). The molecule has 1 aromatic heterocycles. The molecule has 0 aliphatic carbocycles. The fraction of sp³-hybridized carbons (Fsp3) is 0.400. The Morgan fingerprint density at radius 1 is 1.65 bits per heavy atom. The Hall–Kier alpha value is -0.500. The second-order valence-corrected chi connectivity index (χ2v) is 4.62. The summed E-state index contributed by atoms with van der Waals surface area (Å²) in [4.78, 5) is 14.9. The Kier molecular flexibility index (Phi) is 5.51. The van der Waals surface area contributed by atoms with Gasteiger partial charge < -0.3 is 4.74 Å². The van der Waals surface area contributed by atoms with Crippen molar-refractivity contribution in [3.63, 3.8) is 0 Å². The topological polar surface area (TPSA) is 39.2 Å². The Balaban J connectivity index is 2.98. The zero-order valence-electron chi connectivity index (χ0n) is 8.84. The van der Waals surface area contributed by atoms with Crippen LogP contribution in [-0.2, 0) is 16.0 Å². The fourth-order valence-corrected chi connectivity index (χ4v) is 1.98. The van der Waals surface area contributed by atoms with E-state index in [1.807, 2.05) is 22.6 Å². The van der Waals surface area contributed by atoms with E-state index in [9.17, 15) is 13.6 Å². The van der Waals surface area contributed by atoms with Crippen molar-refractivity contribution in [3.05, 3.63) is 26.0 Å². The van der Waals surface area contributed by atoms with Gasteiger partial charge in [-0.2, -0.15) is 0 Å². The van der Waals surface area contributed by atoms with Crippen LogP contribution in [0.1, 0.15) is 24.7 Å². The summed E-state index contributed by atoms with van der Waals surface area (Å²) in [6, 6.07) is 1.49. The molecule has 0 bridgehead atoms. The predicted molar refractivity (Wildman–Crippen MR) is 67.3 cm³/mol. The molecule has 0 saturated carbocycles. The van der Waals surface area contributed by atoms with Crippen molar-refractivity contribution in [1.82, 2.24) is 4.98 Å². The summed E-state index contributed by atoms with van der Waals surface area (Å²) in [5, 5.41) is -0.0757. The second-order valence-electron chi connectivity index (χ2n) is 3.08. The van der Waals surface area contributed by atoms with E-state index in [-0.39, 0.29) is 23.7 Å². The van der Waals surface area contributed by atoms with Crippen molar-refractivity contribution < 1.29 is 18.3 Å². The molecule has 0 unspecified atom stereocenters. The number of aromatic nitrogens is 1. The van der Waals surface area contributed by atoms with Crippen LogP contribution in [0.25, 0.3) is 0 Å². The van der Waals surface area contributed by atoms with Crippen molar-refractivity contribution in [2.24, 2.45) is 0 Å². The maximum atomic E-state index is 12.6. The van der Waals surface area contributed by atoms with Gasteiger partial charge in [-0.15, -0.1) is 0 Å². The molecule has 17 heavy (non-hydrogen) atoms. The molecule has 3 nitrogen and oxygen atoms in total. The minimum Gasteiger partial charge on any atom is -0.466 e. The number of hydrogen-bond donors (Lipinski definition) is 0. The molecule has 0 atom stereocenters. The number of hydrogen-bond acceptors (Lipinski definition) is 3. The summed E-state index contributed by atoms with van der Waals surface area (Å²) in [6.45, 7) is 1.91. The van der Waals surface area contributed by atoms with Crippen LogP contribution in [0.2, 0.25) is 5.02 Å². The number of alkyl halides is 2. The van der Waals surface area contributed by atoms with E-state index >= 15 is 0 Å². The first-order chi connectivity index (χ1) is 7.95. The van der Waals surface area contributed by atoms with Gasteiger partial charge in [-0.1, -0.05) is 11.6 Å². The molecular formula is C10H9ClF2INO2. The van der Waals surface area contributed by atoms with E-state index in [1.165, 1.54) is 6.07 Å². The molecule has 1 aromatic rings. The van der Waals surface area contributed by atoms with Crippen molar-refractivity contribution in [2.45, 2.75) is 19.8 Å².